The number of aryl methyl sites for hydroxylation is 1. The molecule has 0 aromatic carbocycles. The molecule has 1 amide bonds. The maximum absolute atomic E-state index is 11.5. The monoisotopic (exact) mass is 250 g/mol. The van der Waals surface area contributed by atoms with Crippen molar-refractivity contribution in [1.82, 2.24) is 9.47 Å². The normalized spacial score (nSPS) is 15.4. The van der Waals surface area contributed by atoms with Crippen molar-refractivity contribution in [3.8, 4) is 0 Å². The van der Waals surface area contributed by atoms with Crippen molar-refractivity contribution in [2.75, 3.05) is 13.1 Å². The van der Waals surface area contributed by atoms with Crippen LogP contribution in [0.25, 0.3) is 0 Å². The van der Waals surface area contributed by atoms with Crippen LogP contribution in [0.15, 0.2) is 6.07 Å². The Balaban J connectivity index is 2.09. The van der Waals surface area contributed by atoms with E-state index in [4.69, 9.17) is 5.11 Å². The Morgan fingerprint density at radius 1 is 1.39 bits per heavy atom. The summed E-state index contributed by atoms with van der Waals surface area (Å²) in [6, 6.07) is 1.68. The topological polar surface area (TPSA) is 62.5 Å². The first-order valence-electron chi connectivity index (χ1n) is 6.18. The van der Waals surface area contributed by atoms with Gasteiger partial charge in [-0.1, -0.05) is 0 Å². The summed E-state index contributed by atoms with van der Waals surface area (Å²) in [6.45, 7) is 5.85. The van der Waals surface area contributed by atoms with Gasteiger partial charge in [-0.25, -0.2) is 4.79 Å². The molecule has 1 aromatic heterocycles. The Kier molecular flexibility index (Phi) is 3.41. The van der Waals surface area contributed by atoms with Gasteiger partial charge in [0, 0.05) is 37.4 Å². The minimum Gasteiger partial charge on any atom is -0.478 e. The third-order valence-corrected chi connectivity index (χ3v) is 3.57. The van der Waals surface area contributed by atoms with Gasteiger partial charge >= 0.3 is 5.97 Å². The molecule has 0 aliphatic carbocycles. The fourth-order valence-corrected chi connectivity index (χ4v) is 2.52. The molecule has 98 valence electrons. The van der Waals surface area contributed by atoms with Crippen LogP contribution >= 0.6 is 0 Å². The summed E-state index contributed by atoms with van der Waals surface area (Å²) in [5.41, 5.74) is 2.03. The number of nitrogens with zero attached hydrogens (tertiary/aromatic N) is 2. The molecule has 0 saturated carbocycles. The van der Waals surface area contributed by atoms with Crippen LogP contribution in [-0.4, -0.2) is 39.5 Å². The first-order valence-corrected chi connectivity index (χ1v) is 6.18. The lowest BCUT2D eigenvalue weighted by Crippen LogP contribution is -2.28. The zero-order valence-electron chi connectivity index (χ0n) is 10.8. The Morgan fingerprint density at radius 3 is 2.61 bits per heavy atom. The van der Waals surface area contributed by atoms with E-state index in [1.165, 1.54) is 0 Å². The van der Waals surface area contributed by atoms with Crippen molar-refractivity contribution in [1.29, 1.82) is 0 Å². The molecule has 5 nitrogen and oxygen atoms in total. The van der Waals surface area contributed by atoms with Crippen LogP contribution < -0.4 is 0 Å². The van der Waals surface area contributed by atoms with Gasteiger partial charge in [-0.2, -0.15) is 0 Å². The summed E-state index contributed by atoms with van der Waals surface area (Å²) < 4.78 is 1.97. The number of carbonyl (C=O) groups is 2. The van der Waals surface area contributed by atoms with Crippen LogP contribution in [0.5, 0.6) is 0 Å². The Labute approximate surface area is 106 Å². The summed E-state index contributed by atoms with van der Waals surface area (Å²) in [6.07, 6.45) is 1.58. The minimum atomic E-state index is -0.897. The number of carboxylic acids is 1. The highest BCUT2D eigenvalue weighted by Gasteiger charge is 2.20. The van der Waals surface area contributed by atoms with Gasteiger partial charge in [-0.15, -0.1) is 0 Å². The third-order valence-electron chi connectivity index (χ3n) is 3.57. The molecule has 0 unspecified atom stereocenters. The van der Waals surface area contributed by atoms with Gasteiger partial charge < -0.3 is 14.6 Å². The lowest BCUT2D eigenvalue weighted by molar-refractivity contribution is -0.127. The number of hydrogen-bond acceptors (Lipinski definition) is 2. The van der Waals surface area contributed by atoms with Gasteiger partial charge in [-0.05, 0) is 26.3 Å². The van der Waals surface area contributed by atoms with Gasteiger partial charge in [0.05, 0.1) is 5.56 Å². The fourth-order valence-electron chi connectivity index (χ4n) is 2.52. The van der Waals surface area contributed by atoms with Crippen LogP contribution in [0, 0.1) is 13.8 Å². The maximum atomic E-state index is 11.5. The quantitative estimate of drug-likeness (QED) is 0.879. The molecule has 1 aromatic rings. The number of aromatic carboxylic acids is 1. The van der Waals surface area contributed by atoms with Gasteiger partial charge in [-0.3, -0.25) is 4.79 Å². The first kappa shape index (κ1) is 12.7. The molecule has 0 spiro atoms. The van der Waals surface area contributed by atoms with Crippen molar-refractivity contribution in [3.05, 3.63) is 23.0 Å². The molecule has 1 aliphatic heterocycles. The van der Waals surface area contributed by atoms with Gasteiger partial charge in [0.25, 0.3) is 0 Å². The van der Waals surface area contributed by atoms with E-state index in [1.807, 2.05) is 23.3 Å². The maximum Gasteiger partial charge on any atom is 0.337 e. The van der Waals surface area contributed by atoms with E-state index in [9.17, 15) is 9.59 Å². The second-order valence-corrected chi connectivity index (χ2v) is 4.73. The standard InChI is InChI=1S/C13H18N2O3/c1-9-8-11(13(17)18)10(2)15(9)7-6-14-5-3-4-12(14)16/h8H,3-7H2,1-2H3,(H,17,18). The molecule has 0 radical (unpaired) electrons. The highest BCUT2D eigenvalue weighted by molar-refractivity contribution is 5.89. The molecule has 0 atom stereocenters. The molecule has 2 heterocycles. The molecule has 2 rings (SSSR count). The number of likely N-dealkylation sites (tertiary alicyclic amines) is 1. The predicted molar refractivity (Wildman–Crippen MR) is 66.7 cm³/mol. The largest absolute Gasteiger partial charge is 0.478 e. The smallest absolute Gasteiger partial charge is 0.337 e. The summed E-state index contributed by atoms with van der Waals surface area (Å²) in [5.74, 6) is -0.692. The Bertz CT molecular complexity index is 491. The molecule has 0 bridgehead atoms. The number of amides is 1. The van der Waals surface area contributed by atoms with E-state index in [1.54, 1.807) is 6.07 Å². The molecule has 5 heteroatoms. The predicted octanol–water partition coefficient (Wildman–Crippen LogP) is 1.43. The van der Waals surface area contributed by atoms with E-state index in [0.29, 0.717) is 25.1 Å². The molecular weight excluding hydrogens is 232 g/mol. The average molecular weight is 250 g/mol. The van der Waals surface area contributed by atoms with Crippen LogP contribution in [0.4, 0.5) is 0 Å². The summed E-state index contributed by atoms with van der Waals surface area (Å²) in [7, 11) is 0. The summed E-state index contributed by atoms with van der Waals surface area (Å²) >= 11 is 0. The number of rotatable bonds is 4. The van der Waals surface area contributed by atoms with E-state index in [0.717, 1.165) is 24.4 Å². The van der Waals surface area contributed by atoms with Crippen molar-refractivity contribution in [2.45, 2.75) is 33.2 Å². The lowest BCUT2D eigenvalue weighted by atomic mass is 10.2. The van der Waals surface area contributed by atoms with Crippen molar-refractivity contribution < 1.29 is 14.7 Å². The number of aromatic nitrogens is 1. The van der Waals surface area contributed by atoms with Crippen LogP contribution in [-0.2, 0) is 11.3 Å². The average Bonchev–Trinajstić information content (AvgIpc) is 2.82. The van der Waals surface area contributed by atoms with E-state index in [-0.39, 0.29) is 5.91 Å². The van der Waals surface area contributed by atoms with Gasteiger partial charge in [0.2, 0.25) is 5.91 Å². The zero-order valence-corrected chi connectivity index (χ0v) is 10.8. The molecule has 1 fully saturated rings. The first-order chi connectivity index (χ1) is 8.50. The SMILES string of the molecule is Cc1cc(C(=O)O)c(C)n1CCN1CCCC1=O. The second-order valence-electron chi connectivity index (χ2n) is 4.73. The number of hydrogen-bond donors (Lipinski definition) is 1. The third kappa shape index (κ3) is 2.25. The lowest BCUT2D eigenvalue weighted by Gasteiger charge is -2.17. The second kappa shape index (κ2) is 4.84. The highest BCUT2D eigenvalue weighted by atomic mass is 16.4. The van der Waals surface area contributed by atoms with Crippen molar-refractivity contribution in [2.24, 2.45) is 0 Å². The Morgan fingerprint density at radius 2 is 2.11 bits per heavy atom. The Hall–Kier alpha value is -1.78. The van der Waals surface area contributed by atoms with Crippen molar-refractivity contribution in [3.63, 3.8) is 0 Å². The van der Waals surface area contributed by atoms with E-state index >= 15 is 0 Å². The highest BCUT2D eigenvalue weighted by Crippen LogP contribution is 2.16. The summed E-state index contributed by atoms with van der Waals surface area (Å²) in [5, 5.41) is 9.05. The van der Waals surface area contributed by atoms with Crippen LogP contribution in [0.3, 0.4) is 0 Å². The zero-order chi connectivity index (χ0) is 13.3. The van der Waals surface area contributed by atoms with Gasteiger partial charge in [0.1, 0.15) is 0 Å². The number of carboxylic acid groups (broad SMARTS) is 1. The minimum absolute atomic E-state index is 0.205. The molecule has 1 N–H and O–H groups in total. The molecule has 18 heavy (non-hydrogen) atoms. The number of carbonyl (C=O) groups excluding carboxylic acids is 1. The van der Waals surface area contributed by atoms with Crippen LogP contribution in [0.2, 0.25) is 0 Å². The fraction of sp³-hybridized carbons (Fsp3) is 0.538. The molecular formula is C13H18N2O3. The molecule has 1 saturated heterocycles. The van der Waals surface area contributed by atoms with Crippen LogP contribution in [0.1, 0.15) is 34.6 Å². The van der Waals surface area contributed by atoms with Crippen molar-refractivity contribution >= 4 is 11.9 Å². The molecule has 1 aliphatic rings. The van der Waals surface area contributed by atoms with E-state index in [2.05, 4.69) is 0 Å². The summed E-state index contributed by atoms with van der Waals surface area (Å²) in [4.78, 5) is 24.4. The van der Waals surface area contributed by atoms with Gasteiger partial charge in [0.15, 0.2) is 0 Å². The van der Waals surface area contributed by atoms with E-state index < -0.39 is 5.97 Å².